The summed E-state index contributed by atoms with van der Waals surface area (Å²) in [6.07, 6.45) is 2.55. The summed E-state index contributed by atoms with van der Waals surface area (Å²) >= 11 is 1.63. The SMILES string of the molecule is COc1ccc(-c2nc(C3CC3)cs2)nn1. The molecule has 0 radical (unpaired) electrons. The summed E-state index contributed by atoms with van der Waals surface area (Å²) in [7, 11) is 1.58. The predicted octanol–water partition coefficient (Wildman–Crippen LogP) is 2.49. The molecule has 0 atom stereocenters. The minimum Gasteiger partial charge on any atom is -0.480 e. The molecule has 0 saturated heterocycles. The lowest BCUT2D eigenvalue weighted by atomic mass is 10.3. The smallest absolute Gasteiger partial charge is 0.233 e. The van der Waals surface area contributed by atoms with E-state index in [9.17, 15) is 0 Å². The maximum Gasteiger partial charge on any atom is 0.233 e. The minimum absolute atomic E-state index is 0.530. The summed E-state index contributed by atoms with van der Waals surface area (Å²) in [5.41, 5.74) is 2.02. The van der Waals surface area contributed by atoms with Gasteiger partial charge in [0.05, 0.1) is 12.8 Å². The molecule has 0 spiro atoms. The minimum atomic E-state index is 0.530. The largest absolute Gasteiger partial charge is 0.480 e. The Labute approximate surface area is 97.3 Å². The molecular weight excluding hydrogens is 222 g/mol. The number of hydrogen-bond acceptors (Lipinski definition) is 5. The molecule has 2 aromatic rings. The van der Waals surface area contributed by atoms with Crippen LogP contribution in [0.1, 0.15) is 24.5 Å². The number of nitrogens with zero attached hydrogens (tertiary/aromatic N) is 3. The van der Waals surface area contributed by atoms with Crippen LogP contribution in [-0.2, 0) is 0 Å². The van der Waals surface area contributed by atoms with Crippen molar-refractivity contribution in [3.63, 3.8) is 0 Å². The van der Waals surface area contributed by atoms with Crippen molar-refractivity contribution in [2.45, 2.75) is 18.8 Å². The first-order valence-electron chi connectivity index (χ1n) is 5.20. The van der Waals surface area contributed by atoms with E-state index in [1.165, 1.54) is 18.5 Å². The van der Waals surface area contributed by atoms with Crippen LogP contribution < -0.4 is 4.74 Å². The van der Waals surface area contributed by atoms with Crippen LogP contribution in [0.15, 0.2) is 17.5 Å². The molecule has 1 saturated carbocycles. The van der Waals surface area contributed by atoms with Gasteiger partial charge in [-0.2, -0.15) is 0 Å². The normalized spacial score (nSPS) is 15.1. The zero-order valence-electron chi connectivity index (χ0n) is 8.88. The van der Waals surface area contributed by atoms with E-state index in [0.29, 0.717) is 11.8 Å². The summed E-state index contributed by atoms with van der Waals surface area (Å²) in [6.45, 7) is 0. The first-order valence-corrected chi connectivity index (χ1v) is 6.08. The van der Waals surface area contributed by atoms with Crippen LogP contribution in [-0.4, -0.2) is 22.3 Å². The topological polar surface area (TPSA) is 47.9 Å². The van der Waals surface area contributed by atoms with Gasteiger partial charge in [0.1, 0.15) is 10.7 Å². The second-order valence-corrected chi connectivity index (χ2v) is 4.67. The summed E-state index contributed by atoms with van der Waals surface area (Å²) in [4.78, 5) is 4.57. The van der Waals surface area contributed by atoms with Crippen LogP contribution in [0.4, 0.5) is 0 Å². The molecule has 5 heteroatoms. The molecule has 4 nitrogen and oxygen atoms in total. The fourth-order valence-corrected chi connectivity index (χ4v) is 2.38. The molecule has 0 aliphatic heterocycles. The van der Waals surface area contributed by atoms with Crippen molar-refractivity contribution in [3.05, 3.63) is 23.2 Å². The highest BCUT2D eigenvalue weighted by Crippen LogP contribution is 2.41. The van der Waals surface area contributed by atoms with Gasteiger partial charge in [0.25, 0.3) is 0 Å². The molecule has 0 N–H and O–H groups in total. The van der Waals surface area contributed by atoms with E-state index in [0.717, 1.165) is 10.7 Å². The van der Waals surface area contributed by atoms with E-state index in [1.807, 2.05) is 6.07 Å². The second-order valence-electron chi connectivity index (χ2n) is 3.81. The summed E-state index contributed by atoms with van der Waals surface area (Å²) in [6, 6.07) is 3.70. The van der Waals surface area contributed by atoms with Gasteiger partial charge in [-0.25, -0.2) is 4.98 Å². The van der Waals surface area contributed by atoms with Crippen molar-refractivity contribution in [2.75, 3.05) is 7.11 Å². The highest BCUT2D eigenvalue weighted by molar-refractivity contribution is 7.13. The van der Waals surface area contributed by atoms with Gasteiger partial charge in [0.2, 0.25) is 5.88 Å². The maximum atomic E-state index is 4.97. The van der Waals surface area contributed by atoms with E-state index in [2.05, 4.69) is 20.6 Å². The van der Waals surface area contributed by atoms with Crippen molar-refractivity contribution < 1.29 is 4.74 Å². The van der Waals surface area contributed by atoms with Gasteiger partial charge < -0.3 is 4.74 Å². The average Bonchev–Trinajstić information content (AvgIpc) is 3.08. The van der Waals surface area contributed by atoms with Crippen molar-refractivity contribution in [1.29, 1.82) is 0 Å². The van der Waals surface area contributed by atoms with Crippen LogP contribution in [0, 0.1) is 0 Å². The molecule has 82 valence electrons. The molecule has 0 amide bonds. The Kier molecular flexibility index (Phi) is 2.32. The zero-order chi connectivity index (χ0) is 11.0. The Hall–Kier alpha value is -1.49. The number of ether oxygens (including phenoxy) is 1. The zero-order valence-corrected chi connectivity index (χ0v) is 9.70. The van der Waals surface area contributed by atoms with Crippen molar-refractivity contribution >= 4 is 11.3 Å². The van der Waals surface area contributed by atoms with Gasteiger partial charge in [-0.05, 0) is 18.9 Å². The molecule has 0 bridgehead atoms. The van der Waals surface area contributed by atoms with E-state index in [1.54, 1.807) is 24.5 Å². The highest BCUT2D eigenvalue weighted by atomic mass is 32.1. The van der Waals surface area contributed by atoms with Gasteiger partial charge in [-0.1, -0.05) is 0 Å². The summed E-state index contributed by atoms with van der Waals surface area (Å²) < 4.78 is 4.97. The third kappa shape index (κ3) is 1.78. The number of aromatic nitrogens is 3. The van der Waals surface area contributed by atoms with E-state index in [-0.39, 0.29) is 0 Å². The molecule has 0 unspecified atom stereocenters. The van der Waals surface area contributed by atoms with Gasteiger partial charge in [0, 0.05) is 17.4 Å². The Morgan fingerprint density at radius 1 is 1.31 bits per heavy atom. The van der Waals surface area contributed by atoms with Gasteiger partial charge in [0.15, 0.2) is 0 Å². The first kappa shape index (κ1) is 9.72. The third-order valence-electron chi connectivity index (χ3n) is 2.59. The Morgan fingerprint density at radius 3 is 2.81 bits per heavy atom. The van der Waals surface area contributed by atoms with Crippen molar-refractivity contribution in [1.82, 2.24) is 15.2 Å². The summed E-state index contributed by atoms with van der Waals surface area (Å²) in [5, 5.41) is 11.1. The van der Waals surface area contributed by atoms with Crippen molar-refractivity contribution in [2.24, 2.45) is 0 Å². The van der Waals surface area contributed by atoms with Crippen LogP contribution in [0.25, 0.3) is 10.7 Å². The second kappa shape index (κ2) is 3.83. The van der Waals surface area contributed by atoms with E-state index in [4.69, 9.17) is 4.74 Å². The molecule has 1 aliphatic carbocycles. The average molecular weight is 233 g/mol. The molecule has 1 fully saturated rings. The number of thiazole rings is 1. The fourth-order valence-electron chi connectivity index (χ4n) is 1.51. The van der Waals surface area contributed by atoms with Crippen LogP contribution in [0.5, 0.6) is 5.88 Å². The van der Waals surface area contributed by atoms with Crippen LogP contribution in [0.2, 0.25) is 0 Å². The molecule has 3 rings (SSSR count). The number of hydrogen-bond donors (Lipinski definition) is 0. The number of methoxy groups -OCH3 is 1. The molecule has 1 aliphatic rings. The fraction of sp³-hybridized carbons (Fsp3) is 0.364. The molecular formula is C11H11N3OS. The maximum absolute atomic E-state index is 4.97. The van der Waals surface area contributed by atoms with E-state index >= 15 is 0 Å². The Morgan fingerprint density at radius 2 is 2.19 bits per heavy atom. The first-order chi connectivity index (χ1) is 7.86. The third-order valence-corrected chi connectivity index (χ3v) is 3.47. The molecule has 16 heavy (non-hydrogen) atoms. The monoisotopic (exact) mass is 233 g/mol. The van der Waals surface area contributed by atoms with Crippen LogP contribution in [0.3, 0.4) is 0 Å². The van der Waals surface area contributed by atoms with Crippen LogP contribution >= 0.6 is 11.3 Å². The molecule has 0 aromatic carbocycles. The lowest BCUT2D eigenvalue weighted by Crippen LogP contribution is -1.91. The number of rotatable bonds is 3. The van der Waals surface area contributed by atoms with Crippen molar-refractivity contribution in [3.8, 4) is 16.6 Å². The quantitative estimate of drug-likeness (QED) is 0.817. The van der Waals surface area contributed by atoms with Gasteiger partial charge in [-0.15, -0.1) is 21.5 Å². The lowest BCUT2D eigenvalue weighted by Gasteiger charge is -1.97. The van der Waals surface area contributed by atoms with Gasteiger partial charge in [-0.3, -0.25) is 0 Å². The molecule has 2 heterocycles. The standard InChI is InChI=1S/C11H11N3OS/c1-15-10-5-4-8(13-14-10)11-12-9(6-16-11)7-2-3-7/h4-7H,2-3H2,1H3. The van der Waals surface area contributed by atoms with E-state index < -0.39 is 0 Å². The Balaban J connectivity index is 1.88. The Bertz CT molecular complexity index is 490. The van der Waals surface area contributed by atoms with Gasteiger partial charge >= 0.3 is 0 Å². The molecule has 2 aromatic heterocycles. The highest BCUT2D eigenvalue weighted by Gasteiger charge is 2.26. The summed E-state index contributed by atoms with van der Waals surface area (Å²) in [5.74, 6) is 1.22. The lowest BCUT2D eigenvalue weighted by molar-refractivity contribution is 0.392. The predicted molar refractivity (Wildman–Crippen MR) is 61.7 cm³/mol.